The van der Waals surface area contributed by atoms with Gasteiger partial charge >= 0.3 is 0 Å². The summed E-state index contributed by atoms with van der Waals surface area (Å²) in [5.41, 5.74) is 0.262. The Morgan fingerprint density at radius 2 is 2.28 bits per heavy atom. The van der Waals surface area contributed by atoms with Gasteiger partial charge in [-0.3, -0.25) is 9.78 Å². The van der Waals surface area contributed by atoms with Crippen molar-refractivity contribution in [2.24, 2.45) is 0 Å². The van der Waals surface area contributed by atoms with E-state index < -0.39 is 0 Å². The van der Waals surface area contributed by atoms with Gasteiger partial charge < -0.3 is 9.73 Å². The number of hydrogen-bond acceptors (Lipinski definition) is 4. The van der Waals surface area contributed by atoms with Crippen LogP contribution in [0.2, 0.25) is 5.02 Å². The maximum Gasteiger partial charge on any atom is 0.270 e. The summed E-state index contributed by atoms with van der Waals surface area (Å²) in [6.45, 7) is 3.58. The van der Waals surface area contributed by atoms with Crippen molar-refractivity contribution < 1.29 is 9.21 Å². The van der Waals surface area contributed by atoms with E-state index in [0.717, 1.165) is 0 Å². The van der Waals surface area contributed by atoms with Gasteiger partial charge in [-0.2, -0.15) is 0 Å². The third-order valence-electron chi connectivity index (χ3n) is 2.31. The van der Waals surface area contributed by atoms with Crippen LogP contribution in [0.25, 0.3) is 0 Å². The second-order valence-corrected chi connectivity index (χ2v) is 4.30. The number of rotatable bonds is 3. The lowest BCUT2D eigenvalue weighted by molar-refractivity contribution is 0.0929. The molecule has 0 saturated carbocycles. The Labute approximate surface area is 109 Å². The molecule has 0 spiro atoms. The molecule has 2 rings (SSSR count). The zero-order chi connectivity index (χ0) is 13.1. The van der Waals surface area contributed by atoms with Crippen LogP contribution in [0.15, 0.2) is 28.9 Å². The van der Waals surface area contributed by atoms with Crippen LogP contribution in [-0.2, 0) is 0 Å². The Morgan fingerprint density at radius 1 is 1.50 bits per heavy atom. The largest absolute Gasteiger partial charge is 0.444 e. The maximum atomic E-state index is 11.9. The maximum absolute atomic E-state index is 11.9. The Kier molecular flexibility index (Phi) is 3.62. The molecule has 0 radical (unpaired) electrons. The molecule has 6 heteroatoms. The highest BCUT2D eigenvalue weighted by Crippen LogP contribution is 2.13. The number of amides is 1. The standard InChI is InChI=1S/C12H12ClN3O2/c1-7-6-15-12(18-7)8(2)16-11(17)10-5-9(13)3-4-14-10/h3-6,8H,1-2H3,(H,16,17). The second kappa shape index (κ2) is 5.18. The van der Waals surface area contributed by atoms with Crippen molar-refractivity contribution >= 4 is 17.5 Å². The van der Waals surface area contributed by atoms with Crippen molar-refractivity contribution in [1.29, 1.82) is 0 Å². The summed E-state index contributed by atoms with van der Waals surface area (Å²) in [4.78, 5) is 19.9. The van der Waals surface area contributed by atoms with Gasteiger partial charge in [-0.05, 0) is 26.0 Å². The zero-order valence-corrected chi connectivity index (χ0v) is 10.7. The third-order valence-corrected chi connectivity index (χ3v) is 2.55. The average Bonchev–Trinajstić information content (AvgIpc) is 2.76. The van der Waals surface area contributed by atoms with E-state index in [4.69, 9.17) is 16.0 Å². The number of pyridine rings is 1. The molecule has 1 amide bonds. The molecule has 5 nitrogen and oxygen atoms in total. The first-order valence-electron chi connectivity index (χ1n) is 5.41. The highest BCUT2D eigenvalue weighted by Gasteiger charge is 2.16. The van der Waals surface area contributed by atoms with Crippen molar-refractivity contribution in [3.63, 3.8) is 0 Å². The number of hydrogen-bond donors (Lipinski definition) is 1. The minimum Gasteiger partial charge on any atom is -0.444 e. The zero-order valence-electron chi connectivity index (χ0n) is 9.98. The first kappa shape index (κ1) is 12.6. The number of oxazole rings is 1. The smallest absolute Gasteiger partial charge is 0.270 e. The summed E-state index contributed by atoms with van der Waals surface area (Å²) >= 11 is 5.79. The third kappa shape index (κ3) is 2.87. The number of halogens is 1. The SMILES string of the molecule is Cc1cnc(C(C)NC(=O)c2cc(Cl)ccn2)o1. The van der Waals surface area contributed by atoms with Gasteiger partial charge in [0.05, 0.1) is 6.20 Å². The normalized spacial score (nSPS) is 12.2. The van der Waals surface area contributed by atoms with Gasteiger partial charge in [-0.25, -0.2) is 4.98 Å². The van der Waals surface area contributed by atoms with E-state index in [9.17, 15) is 4.79 Å². The fourth-order valence-electron chi connectivity index (χ4n) is 1.43. The van der Waals surface area contributed by atoms with Gasteiger partial charge in [-0.15, -0.1) is 0 Å². The van der Waals surface area contributed by atoms with Crippen LogP contribution in [0.4, 0.5) is 0 Å². The predicted molar refractivity (Wildman–Crippen MR) is 66.4 cm³/mol. The minimum absolute atomic E-state index is 0.262. The van der Waals surface area contributed by atoms with Crippen molar-refractivity contribution in [2.45, 2.75) is 19.9 Å². The van der Waals surface area contributed by atoms with Gasteiger partial charge in [0.15, 0.2) is 0 Å². The molecule has 18 heavy (non-hydrogen) atoms. The first-order valence-corrected chi connectivity index (χ1v) is 5.79. The van der Waals surface area contributed by atoms with Crippen LogP contribution in [-0.4, -0.2) is 15.9 Å². The summed E-state index contributed by atoms with van der Waals surface area (Å²) in [7, 11) is 0. The Morgan fingerprint density at radius 3 is 2.89 bits per heavy atom. The number of carbonyl (C=O) groups excluding carboxylic acids is 1. The van der Waals surface area contributed by atoms with E-state index in [1.807, 2.05) is 0 Å². The van der Waals surface area contributed by atoms with E-state index in [1.165, 1.54) is 12.3 Å². The molecule has 2 heterocycles. The highest BCUT2D eigenvalue weighted by atomic mass is 35.5. The fourth-order valence-corrected chi connectivity index (χ4v) is 1.59. The Hall–Kier alpha value is -1.88. The molecule has 2 aromatic rings. The molecule has 0 saturated heterocycles. The lowest BCUT2D eigenvalue weighted by Gasteiger charge is -2.09. The Balaban J connectivity index is 2.08. The molecule has 2 aromatic heterocycles. The molecule has 1 unspecified atom stereocenters. The van der Waals surface area contributed by atoms with Crippen molar-refractivity contribution in [3.05, 3.63) is 46.9 Å². The molecule has 0 aliphatic heterocycles. The molecular formula is C12H12ClN3O2. The molecule has 1 atom stereocenters. The number of aromatic nitrogens is 2. The van der Waals surface area contributed by atoms with E-state index >= 15 is 0 Å². The van der Waals surface area contributed by atoms with Gasteiger partial charge in [0, 0.05) is 11.2 Å². The number of nitrogens with one attached hydrogen (secondary N) is 1. The lowest BCUT2D eigenvalue weighted by atomic mass is 10.3. The number of nitrogens with zero attached hydrogens (tertiary/aromatic N) is 2. The molecule has 0 aliphatic rings. The molecule has 94 valence electrons. The summed E-state index contributed by atoms with van der Waals surface area (Å²) in [6.07, 6.45) is 3.09. The van der Waals surface area contributed by atoms with E-state index in [0.29, 0.717) is 16.7 Å². The monoisotopic (exact) mass is 265 g/mol. The van der Waals surface area contributed by atoms with Crippen LogP contribution in [0.1, 0.15) is 35.1 Å². The van der Waals surface area contributed by atoms with Crippen LogP contribution in [0, 0.1) is 6.92 Å². The number of carbonyl (C=O) groups is 1. The van der Waals surface area contributed by atoms with Crippen molar-refractivity contribution in [2.75, 3.05) is 0 Å². The predicted octanol–water partition coefficient (Wildman–Crippen LogP) is 2.52. The van der Waals surface area contributed by atoms with Crippen LogP contribution >= 0.6 is 11.6 Å². The van der Waals surface area contributed by atoms with Gasteiger partial charge in [0.2, 0.25) is 5.89 Å². The average molecular weight is 266 g/mol. The summed E-state index contributed by atoms with van der Waals surface area (Å²) in [5.74, 6) is 0.843. The minimum atomic E-state index is -0.327. The Bertz CT molecular complexity index is 568. The van der Waals surface area contributed by atoms with Gasteiger partial charge in [0.1, 0.15) is 17.5 Å². The molecular weight excluding hydrogens is 254 g/mol. The molecule has 0 bridgehead atoms. The highest BCUT2D eigenvalue weighted by molar-refractivity contribution is 6.30. The lowest BCUT2D eigenvalue weighted by Crippen LogP contribution is -2.27. The van der Waals surface area contributed by atoms with Crippen LogP contribution in [0.3, 0.4) is 0 Å². The summed E-state index contributed by atoms with van der Waals surface area (Å²) in [6, 6.07) is 2.79. The quantitative estimate of drug-likeness (QED) is 0.926. The van der Waals surface area contributed by atoms with Crippen molar-refractivity contribution in [3.8, 4) is 0 Å². The molecule has 0 aromatic carbocycles. The first-order chi connectivity index (χ1) is 8.56. The molecule has 1 N–H and O–H groups in total. The van der Waals surface area contributed by atoms with Crippen molar-refractivity contribution in [1.82, 2.24) is 15.3 Å². The van der Waals surface area contributed by atoms with E-state index in [1.54, 1.807) is 26.1 Å². The second-order valence-electron chi connectivity index (χ2n) is 3.86. The molecule has 0 aliphatic carbocycles. The fraction of sp³-hybridized carbons (Fsp3) is 0.250. The topological polar surface area (TPSA) is 68.0 Å². The summed E-state index contributed by atoms with van der Waals surface area (Å²) < 4.78 is 5.33. The summed E-state index contributed by atoms with van der Waals surface area (Å²) in [5, 5.41) is 3.20. The number of aryl methyl sites for hydroxylation is 1. The van der Waals surface area contributed by atoms with Crippen LogP contribution < -0.4 is 5.32 Å². The van der Waals surface area contributed by atoms with Gasteiger partial charge in [-0.1, -0.05) is 11.6 Å². The van der Waals surface area contributed by atoms with Gasteiger partial charge in [0.25, 0.3) is 5.91 Å². The molecule has 0 fully saturated rings. The van der Waals surface area contributed by atoms with E-state index in [2.05, 4.69) is 15.3 Å². The van der Waals surface area contributed by atoms with Crippen LogP contribution in [0.5, 0.6) is 0 Å². The van der Waals surface area contributed by atoms with E-state index in [-0.39, 0.29) is 17.6 Å².